The molecule has 0 fully saturated rings. The van der Waals surface area contributed by atoms with E-state index >= 15 is 0 Å². The van der Waals surface area contributed by atoms with Gasteiger partial charge in [-0.1, -0.05) is 0 Å². The molecule has 124 valence electrons. The molecule has 2 aromatic carbocycles. The van der Waals surface area contributed by atoms with E-state index in [1.54, 1.807) is 0 Å². The number of aromatic carboxylic acids is 1. The summed E-state index contributed by atoms with van der Waals surface area (Å²) < 4.78 is 17.8. The van der Waals surface area contributed by atoms with Crippen LogP contribution in [0, 0.1) is 15.9 Å². The summed E-state index contributed by atoms with van der Waals surface area (Å²) in [4.78, 5) is 32.8. The lowest BCUT2D eigenvalue weighted by Gasteiger charge is -2.08. The number of carboxylic acid groups (broad SMARTS) is 1. The Hall–Kier alpha value is -3.49. The lowest BCUT2D eigenvalue weighted by Crippen LogP contribution is -2.20. The van der Waals surface area contributed by atoms with Crippen LogP contribution in [-0.4, -0.2) is 28.5 Å². The van der Waals surface area contributed by atoms with Gasteiger partial charge in [-0.25, -0.2) is 9.18 Å². The number of ether oxygens (including phenoxy) is 1. The van der Waals surface area contributed by atoms with Crippen LogP contribution in [0.2, 0.25) is 0 Å². The van der Waals surface area contributed by atoms with Crippen molar-refractivity contribution in [3.63, 3.8) is 0 Å². The number of hydrogen-bond acceptors (Lipinski definition) is 5. The quantitative estimate of drug-likeness (QED) is 0.618. The Morgan fingerprint density at radius 3 is 2.46 bits per heavy atom. The normalized spacial score (nSPS) is 10.0. The summed E-state index contributed by atoms with van der Waals surface area (Å²) in [6, 6.07) is 7.98. The largest absolute Gasteiger partial charge is 0.478 e. The molecule has 2 rings (SSSR count). The summed E-state index contributed by atoms with van der Waals surface area (Å²) in [6.07, 6.45) is 0. The van der Waals surface area contributed by atoms with Crippen molar-refractivity contribution < 1.29 is 28.7 Å². The Bertz CT molecular complexity index is 791. The molecule has 0 radical (unpaired) electrons. The van der Waals surface area contributed by atoms with Crippen LogP contribution >= 0.6 is 0 Å². The van der Waals surface area contributed by atoms with Crippen LogP contribution in [0.1, 0.15) is 10.4 Å². The second kappa shape index (κ2) is 7.18. The number of nitrogens with zero attached hydrogens (tertiary/aromatic N) is 1. The van der Waals surface area contributed by atoms with Gasteiger partial charge in [0.25, 0.3) is 5.91 Å². The van der Waals surface area contributed by atoms with E-state index < -0.39 is 34.9 Å². The van der Waals surface area contributed by atoms with Crippen molar-refractivity contribution in [2.45, 2.75) is 0 Å². The number of rotatable bonds is 6. The Morgan fingerprint density at radius 1 is 1.21 bits per heavy atom. The molecule has 0 heterocycles. The lowest BCUT2D eigenvalue weighted by atomic mass is 10.2. The molecule has 0 aliphatic rings. The van der Waals surface area contributed by atoms with E-state index in [9.17, 15) is 24.1 Å². The first-order valence-corrected chi connectivity index (χ1v) is 6.57. The lowest BCUT2D eigenvalue weighted by molar-refractivity contribution is -0.385. The zero-order valence-electron chi connectivity index (χ0n) is 12.1. The van der Waals surface area contributed by atoms with Crippen LogP contribution in [0.3, 0.4) is 0 Å². The molecule has 0 unspecified atom stereocenters. The van der Waals surface area contributed by atoms with Crippen LogP contribution in [0.4, 0.5) is 15.8 Å². The Balaban J connectivity index is 2.08. The fraction of sp³-hybridized carbons (Fsp3) is 0.0667. The molecule has 2 aromatic rings. The molecule has 2 N–H and O–H groups in total. The molecule has 0 aliphatic heterocycles. The van der Waals surface area contributed by atoms with Crippen molar-refractivity contribution in [1.29, 1.82) is 0 Å². The highest BCUT2D eigenvalue weighted by Gasteiger charge is 2.19. The van der Waals surface area contributed by atoms with Crippen molar-refractivity contribution in [2.75, 3.05) is 11.9 Å². The van der Waals surface area contributed by atoms with Gasteiger partial charge in [-0.3, -0.25) is 14.9 Å². The van der Waals surface area contributed by atoms with Crippen molar-refractivity contribution in [2.24, 2.45) is 0 Å². The smallest absolute Gasteiger partial charge is 0.335 e. The second-order valence-corrected chi connectivity index (χ2v) is 4.59. The highest BCUT2D eigenvalue weighted by molar-refractivity contribution is 5.92. The average molecular weight is 334 g/mol. The topological polar surface area (TPSA) is 119 Å². The van der Waals surface area contributed by atoms with E-state index in [2.05, 4.69) is 5.32 Å². The van der Waals surface area contributed by atoms with E-state index in [4.69, 9.17) is 9.84 Å². The zero-order chi connectivity index (χ0) is 17.7. The first-order chi connectivity index (χ1) is 11.4. The van der Waals surface area contributed by atoms with Gasteiger partial charge in [0.15, 0.2) is 12.4 Å². The number of benzene rings is 2. The van der Waals surface area contributed by atoms with Crippen LogP contribution in [0.15, 0.2) is 42.5 Å². The maximum absolute atomic E-state index is 12.8. The molecule has 0 bridgehead atoms. The molecule has 0 aliphatic carbocycles. The molecule has 1 amide bonds. The maximum atomic E-state index is 12.8. The van der Waals surface area contributed by atoms with Gasteiger partial charge in [-0.2, -0.15) is 0 Å². The van der Waals surface area contributed by atoms with Crippen LogP contribution < -0.4 is 10.1 Å². The SMILES string of the molecule is O=C(COc1cc(C(=O)O)ccc1[N+](=O)[O-])Nc1ccc(F)cc1. The standard InChI is InChI=1S/C15H11FN2O6/c16-10-2-4-11(5-3-10)17-14(19)8-24-13-7-9(15(20)21)1-6-12(13)18(22)23/h1-7H,8H2,(H,17,19)(H,20,21). The van der Waals surface area contributed by atoms with Gasteiger partial charge in [0, 0.05) is 17.8 Å². The summed E-state index contributed by atoms with van der Waals surface area (Å²) >= 11 is 0. The fourth-order valence-corrected chi connectivity index (χ4v) is 1.79. The molecule has 24 heavy (non-hydrogen) atoms. The van der Waals surface area contributed by atoms with Crippen molar-refractivity contribution in [1.82, 2.24) is 0 Å². The third-order valence-corrected chi connectivity index (χ3v) is 2.89. The summed E-state index contributed by atoms with van der Waals surface area (Å²) in [5, 5.41) is 22.2. The number of nitro benzene ring substituents is 1. The molecule has 0 atom stereocenters. The van der Waals surface area contributed by atoms with Crippen LogP contribution in [0.5, 0.6) is 5.75 Å². The highest BCUT2D eigenvalue weighted by Crippen LogP contribution is 2.28. The first kappa shape index (κ1) is 16.9. The minimum atomic E-state index is -1.29. The Kier molecular flexibility index (Phi) is 5.05. The molecule has 0 saturated carbocycles. The van der Waals surface area contributed by atoms with Gasteiger partial charge in [0.05, 0.1) is 10.5 Å². The number of nitro groups is 1. The number of carbonyl (C=O) groups excluding carboxylic acids is 1. The minimum Gasteiger partial charge on any atom is -0.478 e. The number of amides is 1. The minimum absolute atomic E-state index is 0.213. The maximum Gasteiger partial charge on any atom is 0.335 e. The van der Waals surface area contributed by atoms with Gasteiger partial charge in [-0.05, 0) is 30.3 Å². The fourth-order valence-electron chi connectivity index (χ4n) is 1.79. The van der Waals surface area contributed by atoms with E-state index in [1.807, 2.05) is 0 Å². The molecule has 9 heteroatoms. The van der Waals surface area contributed by atoms with Crippen LogP contribution in [0.25, 0.3) is 0 Å². The molecular formula is C15H11FN2O6. The van der Waals surface area contributed by atoms with Crippen molar-refractivity contribution in [3.8, 4) is 5.75 Å². The summed E-state index contributed by atoms with van der Waals surface area (Å²) in [6.45, 7) is -0.582. The zero-order valence-corrected chi connectivity index (χ0v) is 12.1. The highest BCUT2D eigenvalue weighted by atomic mass is 19.1. The molecule has 0 aromatic heterocycles. The third kappa shape index (κ3) is 4.26. The molecular weight excluding hydrogens is 323 g/mol. The number of nitrogens with one attached hydrogen (secondary N) is 1. The van der Waals surface area contributed by atoms with E-state index in [-0.39, 0.29) is 11.3 Å². The predicted molar refractivity (Wildman–Crippen MR) is 80.6 cm³/mol. The van der Waals surface area contributed by atoms with Gasteiger partial charge in [0.2, 0.25) is 0 Å². The Labute approximate surface area is 134 Å². The molecule has 0 spiro atoms. The average Bonchev–Trinajstić information content (AvgIpc) is 2.54. The van der Waals surface area contributed by atoms with Gasteiger partial charge < -0.3 is 15.2 Å². The number of hydrogen-bond donors (Lipinski definition) is 2. The van der Waals surface area contributed by atoms with E-state index in [1.165, 1.54) is 12.1 Å². The van der Waals surface area contributed by atoms with E-state index in [0.717, 1.165) is 30.3 Å². The predicted octanol–water partition coefficient (Wildman–Crippen LogP) is 2.45. The summed E-state index contributed by atoms with van der Waals surface area (Å²) in [5.41, 5.74) is -0.358. The van der Waals surface area contributed by atoms with Gasteiger partial charge in [0.1, 0.15) is 5.82 Å². The number of carboxylic acids is 1. The van der Waals surface area contributed by atoms with Gasteiger partial charge >= 0.3 is 11.7 Å². The summed E-state index contributed by atoms with van der Waals surface area (Å²) in [7, 11) is 0. The molecule has 8 nitrogen and oxygen atoms in total. The first-order valence-electron chi connectivity index (χ1n) is 6.57. The third-order valence-electron chi connectivity index (χ3n) is 2.89. The van der Waals surface area contributed by atoms with E-state index in [0.29, 0.717) is 5.69 Å². The molecule has 0 saturated heterocycles. The summed E-state index contributed by atoms with van der Waals surface area (Å²) in [5.74, 6) is -2.73. The van der Waals surface area contributed by atoms with Crippen molar-refractivity contribution in [3.05, 3.63) is 64.0 Å². The number of carbonyl (C=O) groups is 2. The van der Waals surface area contributed by atoms with Crippen LogP contribution in [-0.2, 0) is 4.79 Å². The van der Waals surface area contributed by atoms with Crippen molar-refractivity contribution >= 4 is 23.3 Å². The van der Waals surface area contributed by atoms with Gasteiger partial charge in [-0.15, -0.1) is 0 Å². The monoisotopic (exact) mass is 334 g/mol. The number of halogens is 1. The second-order valence-electron chi connectivity index (χ2n) is 4.59. The Morgan fingerprint density at radius 2 is 1.88 bits per heavy atom. The number of anilines is 1.